The summed E-state index contributed by atoms with van der Waals surface area (Å²) in [5.74, 6) is 1.11. The van der Waals surface area contributed by atoms with Crippen molar-refractivity contribution in [3.05, 3.63) is 51.6 Å². The molecule has 0 aliphatic carbocycles. The molecule has 2 rings (SSSR count). The Morgan fingerprint density at radius 1 is 1.04 bits per heavy atom. The first-order valence-electron chi connectivity index (χ1n) is 7.77. The number of nitro benzene ring substituents is 1. The molecule has 0 saturated heterocycles. The fourth-order valence-corrected chi connectivity index (χ4v) is 3.81. The first-order valence-corrected chi connectivity index (χ1v) is 9.26. The van der Waals surface area contributed by atoms with Crippen LogP contribution in [0.25, 0.3) is 0 Å². The van der Waals surface area contributed by atoms with E-state index < -0.39 is 14.9 Å². The summed E-state index contributed by atoms with van der Waals surface area (Å²) in [6, 6.07) is 6.95. The minimum Gasteiger partial charge on any atom is -0.493 e. The Morgan fingerprint density at radius 3 is 2.26 bits per heavy atom. The Kier molecular flexibility index (Phi) is 6.24. The van der Waals surface area contributed by atoms with Gasteiger partial charge in [0.05, 0.1) is 31.1 Å². The highest BCUT2D eigenvalue weighted by atomic mass is 32.2. The summed E-state index contributed by atoms with van der Waals surface area (Å²) in [7, 11) is 0.365. The fraction of sp³-hybridized carbons (Fsp3) is 0.294. The number of ether oxygens (including phenoxy) is 3. The summed E-state index contributed by atoms with van der Waals surface area (Å²) in [6.07, 6.45) is 0. The molecule has 2 aromatic carbocycles. The summed E-state index contributed by atoms with van der Waals surface area (Å²) in [5.41, 5.74) is 0.610. The zero-order valence-corrected chi connectivity index (χ0v) is 16.1. The van der Waals surface area contributed by atoms with Crippen LogP contribution in [0.3, 0.4) is 0 Å². The van der Waals surface area contributed by atoms with Crippen molar-refractivity contribution in [2.45, 2.75) is 18.4 Å². The third kappa shape index (κ3) is 4.29. The zero-order valence-electron chi connectivity index (χ0n) is 15.3. The molecule has 0 aliphatic rings. The van der Waals surface area contributed by atoms with Gasteiger partial charge in [0.1, 0.15) is 0 Å². The molecule has 1 N–H and O–H groups in total. The predicted molar refractivity (Wildman–Crippen MR) is 98.0 cm³/mol. The standard InChI is InChI=1S/C17H20N2O7S/c1-11-5-7-13(19(20)21)9-15(11)27(22,23)18-10-12-6-8-14(24-2)17(26-4)16(12)25-3/h5-9,18H,10H2,1-4H3. The monoisotopic (exact) mass is 396 g/mol. The van der Waals surface area contributed by atoms with Crippen molar-refractivity contribution in [2.24, 2.45) is 0 Å². The zero-order chi connectivity index (χ0) is 20.2. The average molecular weight is 396 g/mol. The van der Waals surface area contributed by atoms with E-state index in [0.717, 1.165) is 6.07 Å². The molecule has 0 atom stereocenters. The highest BCUT2D eigenvalue weighted by Gasteiger charge is 2.22. The van der Waals surface area contributed by atoms with Crippen LogP contribution in [0.15, 0.2) is 35.2 Å². The molecule has 9 nitrogen and oxygen atoms in total. The lowest BCUT2D eigenvalue weighted by molar-refractivity contribution is -0.385. The molecule has 0 unspecified atom stereocenters. The molecule has 0 bridgehead atoms. The van der Waals surface area contributed by atoms with E-state index in [1.807, 2.05) is 0 Å². The molecule has 27 heavy (non-hydrogen) atoms. The summed E-state index contributed by atoms with van der Waals surface area (Å²) in [4.78, 5) is 10.1. The van der Waals surface area contributed by atoms with Crippen LogP contribution in [-0.4, -0.2) is 34.7 Å². The predicted octanol–water partition coefficient (Wildman–Crippen LogP) is 2.41. The largest absolute Gasteiger partial charge is 0.493 e. The molecular formula is C17H20N2O7S. The smallest absolute Gasteiger partial charge is 0.270 e. The van der Waals surface area contributed by atoms with Crippen LogP contribution in [0, 0.1) is 17.0 Å². The molecule has 0 amide bonds. The van der Waals surface area contributed by atoms with E-state index in [1.165, 1.54) is 33.5 Å². The quantitative estimate of drug-likeness (QED) is 0.538. The lowest BCUT2D eigenvalue weighted by atomic mass is 10.1. The lowest BCUT2D eigenvalue weighted by Gasteiger charge is -2.16. The van der Waals surface area contributed by atoms with E-state index in [1.54, 1.807) is 19.1 Å². The SMILES string of the molecule is COc1ccc(CNS(=O)(=O)c2cc([N+](=O)[O-])ccc2C)c(OC)c1OC. The van der Waals surface area contributed by atoms with Crippen molar-refractivity contribution in [1.82, 2.24) is 4.72 Å². The van der Waals surface area contributed by atoms with E-state index in [4.69, 9.17) is 14.2 Å². The summed E-state index contributed by atoms with van der Waals surface area (Å²) in [5, 5.41) is 10.9. The number of hydrogen-bond acceptors (Lipinski definition) is 7. The highest BCUT2D eigenvalue weighted by Crippen LogP contribution is 2.39. The Balaban J connectivity index is 2.36. The van der Waals surface area contributed by atoms with E-state index in [0.29, 0.717) is 28.4 Å². The fourth-order valence-electron chi connectivity index (χ4n) is 2.54. The molecule has 0 aliphatic heterocycles. The van der Waals surface area contributed by atoms with Crippen LogP contribution in [0.5, 0.6) is 17.2 Å². The van der Waals surface area contributed by atoms with Gasteiger partial charge >= 0.3 is 0 Å². The van der Waals surface area contributed by atoms with Gasteiger partial charge in [0, 0.05) is 24.2 Å². The third-order valence-electron chi connectivity index (χ3n) is 3.91. The first kappa shape index (κ1) is 20.5. The van der Waals surface area contributed by atoms with Gasteiger partial charge in [0.15, 0.2) is 11.5 Å². The molecule has 0 radical (unpaired) electrons. The van der Waals surface area contributed by atoms with Crippen LogP contribution in [0.1, 0.15) is 11.1 Å². The van der Waals surface area contributed by atoms with Crippen LogP contribution in [-0.2, 0) is 16.6 Å². The van der Waals surface area contributed by atoms with Crippen molar-refractivity contribution >= 4 is 15.7 Å². The second-order valence-electron chi connectivity index (χ2n) is 5.52. The van der Waals surface area contributed by atoms with Gasteiger partial charge in [-0.3, -0.25) is 10.1 Å². The van der Waals surface area contributed by atoms with Crippen molar-refractivity contribution in [1.29, 1.82) is 0 Å². The maximum Gasteiger partial charge on any atom is 0.270 e. The molecule has 146 valence electrons. The molecule has 0 fully saturated rings. The van der Waals surface area contributed by atoms with E-state index in [2.05, 4.69) is 4.72 Å². The number of nitrogens with one attached hydrogen (secondary N) is 1. The molecule has 0 heterocycles. The number of aryl methyl sites for hydroxylation is 1. The van der Waals surface area contributed by atoms with Gasteiger partial charge in [-0.25, -0.2) is 13.1 Å². The van der Waals surface area contributed by atoms with Crippen molar-refractivity contribution in [2.75, 3.05) is 21.3 Å². The summed E-state index contributed by atoms with van der Waals surface area (Å²) in [6.45, 7) is 1.46. The topological polar surface area (TPSA) is 117 Å². The summed E-state index contributed by atoms with van der Waals surface area (Å²) >= 11 is 0. The second-order valence-corrected chi connectivity index (χ2v) is 7.26. The number of nitro groups is 1. The van der Waals surface area contributed by atoms with E-state index in [-0.39, 0.29) is 17.1 Å². The van der Waals surface area contributed by atoms with Crippen molar-refractivity contribution in [3.63, 3.8) is 0 Å². The molecule has 2 aromatic rings. The number of sulfonamides is 1. The Bertz CT molecular complexity index is 958. The third-order valence-corrected chi connectivity index (χ3v) is 5.45. The second kappa shape index (κ2) is 8.23. The van der Waals surface area contributed by atoms with Crippen LogP contribution >= 0.6 is 0 Å². The average Bonchev–Trinajstić information content (AvgIpc) is 2.65. The Labute approximate surface area is 157 Å². The Morgan fingerprint density at radius 2 is 1.70 bits per heavy atom. The van der Waals surface area contributed by atoms with Gasteiger partial charge < -0.3 is 14.2 Å². The summed E-state index contributed by atoms with van der Waals surface area (Å²) < 4.78 is 43.5. The number of non-ortho nitro benzene ring substituents is 1. The van der Waals surface area contributed by atoms with E-state index in [9.17, 15) is 18.5 Å². The van der Waals surface area contributed by atoms with Gasteiger partial charge in [0.25, 0.3) is 5.69 Å². The van der Waals surface area contributed by atoms with Crippen molar-refractivity contribution in [3.8, 4) is 17.2 Å². The number of benzene rings is 2. The molecule has 0 saturated carbocycles. The van der Waals surface area contributed by atoms with Gasteiger partial charge in [-0.05, 0) is 18.6 Å². The molecular weight excluding hydrogens is 376 g/mol. The Hall–Kier alpha value is -2.85. The lowest BCUT2D eigenvalue weighted by Crippen LogP contribution is -2.24. The van der Waals surface area contributed by atoms with Gasteiger partial charge in [-0.1, -0.05) is 12.1 Å². The normalized spacial score (nSPS) is 11.1. The van der Waals surface area contributed by atoms with Crippen LogP contribution < -0.4 is 18.9 Å². The minimum absolute atomic E-state index is 0.103. The van der Waals surface area contributed by atoms with Gasteiger partial charge in [-0.2, -0.15) is 0 Å². The molecule has 0 aromatic heterocycles. The maximum absolute atomic E-state index is 12.6. The van der Waals surface area contributed by atoms with E-state index >= 15 is 0 Å². The number of methoxy groups -OCH3 is 3. The number of rotatable bonds is 8. The number of hydrogen-bond donors (Lipinski definition) is 1. The maximum atomic E-state index is 12.6. The van der Waals surface area contributed by atoms with Crippen LogP contribution in [0.2, 0.25) is 0 Å². The van der Waals surface area contributed by atoms with Gasteiger partial charge in [0.2, 0.25) is 15.8 Å². The first-order chi connectivity index (χ1) is 12.7. The van der Waals surface area contributed by atoms with Gasteiger partial charge in [-0.15, -0.1) is 0 Å². The van der Waals surface area contributed by atoms with Crippen molar-refractivity contribution < 1.29 is 27.6 Å². The van der Waals surface area contributed by atoms with Crippen LogP contribution in [0.4, 0.5) is 5.69 Å². The highest BCUT2D eigenvalue weighted by molar-refractivity contribution is 7.89. The molecule has 10 heteroatoms. The number of nitrogens with zero attached hydrogens (tertiary/aromatic N) is 1. The minimum atomic E-state index is -3.99. The molecule has 0 spiro atoms.